The average molecular weight is 376 g/mol. The number of benzene rings is 2. The molecule has 0 aliphatic carbocycles. The van der Waals surface area contributed by atoms with Crippen molar-refractivity contribution in [1.29, 1.82) is 0 Å². The Kier molecular flexibility index (Phi) is 4.20. The smallest absolute Gasteiger partial charge is 0.338 e. The zero-order valence-electron chi connectivity index (χ0n) is 13.7. The average Bonchev–Trinajstić information content (AvgIpc) is 3.03. The number of carbonyl (C=O) groups is 1. The molecule has 1 aliphatic heterocycles. The summed E-state index contributed by atoms with van der Waals surface area (Å²) in [6.45, 7) is 0.995. The summed E-state index contributed by atoms with van der Waals surface area (Å²) in [6, 6.07) is 8.69. The topological polar surface area (TPSA) is 51.7 Å². The summed E-state index contributed by atoms with van der Waals surface area (Å²) in [4.78, 5) is 18.6. The third kappa shape index (κ3) is 2.96. The molecule has 5 nitrogen and oxygen atoms in total. The number of methoxy groups -OCH3 is 1. The Morgan fingerprint density at radius 3 is 2.77 bits per heavy atom. The Bertz CT molecular complexity index is 986. The van der Waals surface area contributed by atoms with Gasteiger partial charge in [-0.25, -0.2) is 18.6 Å². The van der Waals surface area contributed by atoms with Gasteiger partial charge in [0.15, 0.2) is 16.8 Å². The van der Waals surface area contributed by atoms with E-state index in [-0.39, 0.29) is 11.7 Å². The van der Waals surface area contributed by atoms with E-state index in [1.165, 1.54) is 17.4 Å². The standard InChI is InChI=1S/C18H14F2N2O3S/c1-24-14-3-2-4-15-16(14)21-18(26-15)22-8-11(9-22)25-17(23)10-5-6-12(19)13(20)7-10/h2-7,11H,8-9H2,1H3. The molecule has 8 heteroatoms. The van der Waals surface area contributed by atoms with E-state index in [4.69, 9.17) is 9.47 Å². The molecule has 1 aromatic heterocycles. The number of hydrogen-bond acceptors (Lipinski definition) is 6. The van der Waals surface area contributed by atoms with Gasteiger partial charge in [0.25, 0.3) is 0 Å². The lowest BCUT2D eigenvalue weighted by Gasteiger charge is -2.38. The molecule has 134 valence electrons. The fourth-order valence-corrected chi connectivity index (χ4v) is 3.72. The van der Waals surface area contributed by atoms with Crippen molar-refractivity contribution in [2.75, 3.05) is 25.1 Å². The Labute approximate surface area is 151 Å². The zero-order valence-corrected chi connectivity index (χ0v) is 14.6. The minimum absolute atomic E-state index is 0.00734. The molecule has 0 atom stereocenters. The lowest BCUT2D eigenvalue weighted by atomic mass is 10.1. The van der Waals surface area contributed by atoms with E-state index >= 15 is 0 Å². The van der Waals surface area contributed by atoms with Crippen LogP contribution in [0.1, 0.15) is 10.4 Å². The first-order valence-electron chi connectivity index (χ1n) is 7.89. The summed E-state index contributed by atoms with van der Waals surface area (Å²) in [6.07, 6.45) is -0.315. The third-order valence-corrected chi connectivity index (χ3v) is 5.22. The summed E-state index contributed by atoms with van der Waals surface area (Å²) in [5, 5.41) is 0.824. The molecule has 4 rings (SSSR count). The number of esters is 1. The highest BCUT2D eigenvalue weighted by atomic mass is 32.1. The van der Waals surface area contributed by atoms with E-state index in [1.54, 1.807) is 7.11 Å². The van der Waals surface area contributed by atoms with Crippen molar-refractivity contribution in [3.63, 3.8) is 0 Å². The summed E-state index contributed by atoms with van der Waals surface area (Å²) in [7, 11) is 1.60. The highest BCUT2D eigenvalue weighted by Crippen LogP contribution is 2.36. The molecule has 0 saturated carbocycles. The largest absolute Gasteiger partial charge is 0.494 e. The molecule has 0 spiro atoms. The van der Waals surface area contributed by atoms with Gasteiger partial charge in [-0.3, -0.25) is 0 Å². The highest BCUT2D eigenvalue weighted by molar-refractivity contribution is 7.22. The molecule has 3 aromatic rings. The maximum Gasteiger partial charge on any atom is 0.338 e. The number of nitrogens with zero attached hydrogens (tertiary/aromatic N) is 2. The Balaban J connectivity index is 1.41. The number of fused-ring (bicyclic) bond motifs is 1. The number of anilines is 1. The van der Waals surface area contributed by atoms with Gasteiger partial charge in [-0.1, -0.05) is 17.4 Å². The Morgan fingerprint density at radius 1 is 1.23 bits per heavy atom. The maximum absolute atomic E-state index is 13.2. The van der Waals surface area contributed by atoms with Crippen molar-refractivity contribution in [1.82, 2.24) is 4.98 Å². The number of hydrogen-bond donors (Lipinski definition) is 0. The molecule has 0 bridgehead atoms. The molecule has 0 unspecified atom stereocenters. The summed E-state index contributed by atoms with van der Waals surface area (Å²) in [5.74, 6) is -2.02. The van der Waals surface area contributed by atoms with Gasteiger partial charge in [-0.15, -0.1) is 0 Å². The molecule has 1 saturated heterocycles. The Hall–Kier alpha value is -2.74. The monoisotopic (exact) mass is 376 g/mol. The van der Waals surface area contributed by atoms with Crippen molar-refractivity contribution in [3.05, 3.63) is 53.6 Å². The second kappa shape index (κ2) is 6.53. The number of ether oxygens (including phenoxy) is 2. The quantitative estimate of drug-likeness (QED) is 0.651. The minimum Gasteiger partial charge on any atom is -0.494 e. The van der Waals surface area contributed by atoms with Crippen LogP contribution in [0.25, 0.3) is 10.2 Å². The van der Waals surface area contributed by atoms with E-state index in [1.807, 2.05) is 23.1 Å². The summed E-state index contributed by atoms with van der Waals surface area (Å²) in [5.41, 5.74) is 0.796. The fraction of sp³-hybridized carbons (Fsp3) is 0.222. The zero-order chi connectivity index (χ0) is 18.3. The van der Waals surface area contributed by atoms with Crippen LogP contribution in [0.2, 0.25) is 0 Å². The van der Waals surface area contributed by atoms with Gasteiger partial charge in [0, 0.05) is 0 Å². The van der Waals surface area contributed by atoms with Gasteiger partial charge < -0.3 is 14.4 Å². The predicted octanol–water partition coefficient (Wildman–Crippen LogP) is 3.63. The van der Waals surface area contributed by atoms with Crippen molar-refractivity contribution in [2.24, 2.45) is 0 Å². The van der Waals surface area contributed by atoms with Crippen molar-refractivity contribution >= 4 is 32.7 Å². The molecule has 1 aliphatic rings. The van der Waals surface area contributed by atoms with Crippen LogP contribution in [0.5, 0.6) is 5.75 Å². The van der Waals surface area contributed by atoms with E-state index in [9.17, 15) is 13.6 Å². The van der Waals surface area contributed by atoms with Crippen LogP contribution in [-0.2, 0) is 4.74 Å². The van der Waals surface area contributed by atoms with Crippen molar-refractivity contribution < 1.29 is 23.0 Å². The second-order valence-electron chi connectivity index (χ2n) is 5.86. The van der Waals surface area contributed by atoms with Crippen molar-refractivity contribution in [2.45, 2.75) is 6.10 Å². The van der Waals surface area contributed by atoms with E-state index in [0.29, 0.717) is 18.8 Å². The lowest BCUT2D eigenvalue weighted by Crippen LogP contribution is -2.53. The van der Waals surface area contributed by atoms with E-state index in [0.717, 1.165) is 27.5 Å². The summed E-state index contributed by atoms with van der Waals surface area (Å²) >= 11 is 1.53. The SMILES string of the molecule is COc1cccc2sc(N3CC(OC(=O)c4ccc(F)c(F)c4)C3)nc12. The number of rotatable bonds is 4. The first kappa shape index (κ1) is 16.7. The van der Waals surface area contributed by atoms with Gasteiger partial charge in [-0.05, 0) is 30.3 Å². The first-order chi connectivity index (χ1) is 12.5. The van der Waals surface area contributed by atoms with Crippen LogP contribution in [0.3, 0.4) is 0 Å². The molecule has 0 N–H and O–H groups in total. The normalized spacial score (nSPS) is 14.3. The molecule has 2 aromatic carbocycles. The van der Waals surface area contributed by atoms with Crippen molar-refractivity contribution in [3.8, 4) is 5.75 Å². The molecule has 1 fully saturated rings. The summed E-state index contributed by atoms with van der Waals surface area (Å²) < 4.78 is 37.8. The lowest BCUT2D eigenvalue weighted by molar-refractivity contribution is 0.0233. The number of thiazole rings is 1. The van der Waals surface area contributed by atoms with E-state index in [2.05, 4.69) is 4.98 Å². The second-order valence-corrected chi connectivity index (χ2v) is 6.87. The van der Waals surface area contributed by atoms with E-state index < -0.39 is 17.6 Å². The van der Waals surface area contributed by atoms with Gasteiger partial charge in [0.2, 0.25) is 0 Å². The van der Waals surface area contributed by atoms with Gasteiger partial charge in [-0.2, -0.15) is 0 Å². The number of aromatic nitrogens is 1. The molecule has 2 heterocycles. The molecular weight excluding hydrogens is 362 g/mol. The molecule has 0 amide bonds. The molecule has 26 heavy (non-hydrogen) atoms. The van der Waals surface area contributed by atoms with Crippen LogP contribution in [0.4, 0.5) is 13.9 Å². The number of carbonyl (C=O) groups excluding carboxylic acids is 1. The molecular formula is C18H14F2N2O3S. The van der Waals surface area contributed by atoms with Gasteiger partial charge in [0.1, 0.15) is 17.4 Å². The highest BCUT2D eigenvalue weighted by Gasteiger charge is 2.32. The first-order valence-corrected chi connectivity index (χ1v) is 8.71. The van der Waals surface area contributed by atoms with Crippen LogP contribution in [-0.4, -0.2) is 37.3 Å². The number of para-hydroxylation sites is 1. The fourth-order valence-electron chi connectivity index (χ4n) is 2.72. The predicted molar refractivity (Wildman–Crippen MR) is 93.9 cm³/mol. The minimum atomic E-state index is -1.07. The van der Waals surface area contributed by atoms with Gasteiger partial charge >= 0.3 is 5.97 Å². The van der Waals surface area contributed by atoms with Gasteiger partial charge in [0.05, 0.1) is 30.5 Å². The maximum atomic E-state index is 13.2. The third-order valence-electron chi connectivity index (χ3n) is 4.14. The van der Waals surface area contributed by atoms with Crippen LogP contribution < -0.4 is 9.64 Å². The van der Waals surface area contributed by atoms with Crippen LogP contribution >= 0.6 is 11.3 Å². The van der Waals surface area contributed by atoms with Crippen LogP contribution in [0, 0.1) is 11.6 Å². The van der Waals surface area contributed by atoms with Crippen LogP contribution in [0.15, 0.2) is 36.4 Å². The molecule has 0 radical (unpaired) electrons. The number of halogens is 2. The Morgan fingerprint density at radius 2 is 2.04 bits per heavy atom.